The Balaban J connectivity index is 1.35. The summed E-state index contributed by atoms with van der Waals surface area (Å²) in [6.45, 7) is 1.46. The van der Waals surface area contributed by atoms with Crippen LogP contribution in [0.3, 0.4) is 0 Å². The van der Waals surface area contributed by atoms with Gasteiger partial charge in [-0.15, -0.1) is 0 Å². The van der Waals surface area contributed by atoms with Crippen molar-refractivity contribution < 1.29 is 14.0 Å². The number of hydrogen-bond acceptors (Lipinski definition) is 4. The van der Waals surface area contributed by atoms with E-state index < -0.39 is 11.5 Å². The van der Waals surface area contributed by atoms with Crippen molar-refractivity contribution in [1.82, 2.24) is 10.2 Å². The summed E-state index contributed by atoms with van der Waals surface area (Å²) in [6, 6.07) is 13.5. The summed E-state index contributed by atoms with van der Waals surface area (Å²) in [7, 11) is 0. The molecule has 0 aromatic heterocycles. The van der Waals surface area contributed by atoms with Crippen molar-refractivity contribution in [2.75, 3.05) is 25.0 Å². The van der Waals surface area contributed by atoms with Crippen molar-refractivity contribution in [2.45, 2.75) is 18.5 Å². The monoisotopic (exact) mass is 414 g/mol. The van der Waals surface area contributed by atoms with Crippen LogP contribution in [0.15, 0.2) is 53.5 Å². The van der Waals surface area contributed by atoms with Crippen LogP contribution in [0.25, 0.3) is 0 Å². The standard InChI is InChI=1S/C21H20ClFN4O2/c22-16-12-15(6-7-17(16)23)24-18(28)13-27-10-8-21(9-11-27)25-19(20(29)26-21)14-4-2-1-3-5-14/h1-7,12H,8-11,13H2,(H,24,28)(H,26,29). The van der Waals surface area contributed by atoms with E-state index in [0.29, 0.717) is 37.3 Å². The van der Waals surface area contributed by atoms with Crippen molar-refractivity contribution in [2.24, 2.45) is 4.99 Å². The second-order valence-electron chi connectivity index (χ2n) is 7.27. The molecular weight excluding hydrogens is 395 g/mol. The molecule has 1 fully saturated rings. The molecule has 4 rings (SSSR count). The molecule has 0 atom stereocenters. The number of amides is 2. The van der Waals surface area contributed by atoms with Crippen molar-refractivity contribution in [3.63, 3.8) is 0 Å². The van der Waals surface area contributed by atoms with E-state index >= 15 is 0 Å². The number of hydrogen-bond donors (Lipinski definition) is 2. The van der Waals surface area contributed by atoms with Crippen LogP contribution in [-0.2, 0) is 9.59 Å². The maximum Gasteiger partial charge on any atom is 0.272 e. The molecule has 0 radical (unpaired) electrons. The Morgan fingerprint density at radius 3 is 2.62 bits per heavy atom. The summed E-state index contributed by atoms with van der Waals surface area (Å²) in [5.74, 6) is -0.886. The fourth-order valence-electron chi connectivity index (χ4n) is 3.65. The van der Waals surface area contributed by atoms with Gasteiger partial charge in [-0.1, -0.05) is 41.9 Å². The van der Waals surface area contributed by atoms with Crippen LogP contribution >= 0.6 is 11.6 Å². The van der Waals surface area contributed by atoms with E-state index in [1.54, 1.807) is 0 Å². The molecule has 150 valence electrons. The van der Waals surface area contributed by atoms with Crippen LogP contribution in [0.1, 0.15) is 18.4 Å². The van der Waals surface area contributed by atoms with E-state index in [2.05, 4.69) is 10.6 Å². The van der Waals surface area contributed by atoms with Crippen molar-refractivity contribution >= 4 is 34.8 Å². The highest BCUT2D eigenvalue weighted by atomic mass is 35.5. The minimum atomic E-state index is -0.598. The number of anilines is 1. The lowest BCUT2D eigenvalue weighted by molar-refractivity contribution is -0.119. The molecule has 2 aromatic carbocycles. The Hall–Kier alpha value is -2.77. The minimum absolute atomic E-state index is 0.0354. The molecule has 2 aliphatic rings. The zero-order valence-electron chi connectivity index (χ0n) is 15.6. The number of piperidine rings is 1. The Kier molecular flexibility index (Phi) is 5.34. The lowest BCUT2D eigenvalue weighted by Gasteiger charge is -2.36. The molecule has 2 N–H and O–H groups in total. The molecule has 29 heavy (non-hydrogen) atoms. The molecular formula is C21H20ClFN4O2. The van der Waals surface area contributed by atoms with Gasteiger partial charge in [0.2, 0.25) is 5.91 Å². The summed E-state index contributed by atoms with van der Waals surface area (Å²) in [5, 5.41) is 5.71. The summed E-state index contributed by atoms with van der Waals surface area (Å²) < 4.78 is 13.2. The number of nitrogens with one attached hydrogen (secondary N) is 2. The van der Waals surface area contributed by atoms with Crippen LogP contribution in [0, 0.1) is 5.82 Å². The van der Waals surface area contributed by atoms with Gasteiger partial charge in [-0.3, -0.25) is 19.5 Å². The maximum atomic E-state index is 13.2. The summed E-state index contributed by atoms with van der Waals surface area (Å²) >= 11 is 5.74. The second-order valence-corrected chi connectivity index (χ2v) is 7.67. The van der Waals surface area contributed by atoms with Gasteiger partial charge in [0.15, 0.2) is 0 Å². The highest BCUT2D eigenvalue weighted by Gasteiger charge is 2.42. The lowest BCUT2D eigenvalue weighted by atomic mass is 9.98. The molecule has 2 heterocycles. The average molecular weight is 415 g/mol. The number of halogens is 2. The van der Waals surface area contributed by atoms with Gasteiger partial charge in [-0.05, 0) is 18.2 Å². The van der Waals surface area contributed by atoms with Crippen LogP contribution in [0.2, 0.25) is 5.02 Å². The number of benzene rings is 2. The van der Waals surface area contributed by atoms with E-state index in [-0.39, 0.29) is 23.4 Å². The summed E-state index contributed by atoms with van der Waals surface area (Å²) in [6.07, 6.45) is 1.26. The first-order valence-corrected chi connectivity index (χ1v) is 9.77. The van der Waals surface area contributed by atoms with E-state index in [0.717, 1.165) is 5.56 Å². The fraction of sp³-hybridized carbons (Fsp3) is 0.286. The molecule has 0 unspecified atom stereocenters. The molecule has 0 aliphatic carbocycles. The third-order valence-corrected chi connectivity index (χ3v) is 5.48. The summed E-state index contributed by atoms with van der Waals surface area (Å²) in [4.78, 5) is 31.4. The maximum absolute atomic E-state index is 13.2. The molecule has 6 nitrogen and oxygen atoms in total. The normalized spacial score (nSPS) is 18.4. The number of nitrogens with zero attached hydrogens (tertiary/aromatic N) is 2. The van der Waals surface area contributed by atoms with Crippen LogP contribution in [-0.4, -0.2) is 47.7 Å². The predicted molar refractivity (Wildman–Crippen MR) is 110 cm³/mol. The largest absolute Gasteiger partial charge is 0.326 e. The number of likely N-dealkylation sites (tertiary alicyclic amines) is 1. The topological polar surface area (TPSA) is 73.8 Å². The summed E-state index contributed by atoms with van der Waals surface area (Å²) in [5.41, 5.74) is 1.13. The molecule has 1 spiro atoms. The Labute approximate surface area is 172 Å². The molecule has 2 aliphatic heterocycles. The minimum Gasteiger partial charge on any atom is -0.326 e. The van der Waals surface area contributed by atoms with E-state index in [1.807, 2.05) is 35.2 Å². The van der Waals surface area contributed by atoms with Gasteiger partial charge in [0.25, 0.3) is 5.91 Å². The van der Waals surface area contributed by atoms with Crippen molar-refractivity contribution in [3.05, 3.63) is 64.9 Å². The van der Waals surface area contributed by atoms with E-state index in [9.17, 15) is 14.0 Å². The second kappa shape index (κ2) is 7.93. The Bertz CT molecular complexity index is 972. The average Bonchev–Trinajstić information content (AvgIpc) is 3.03. The van der Waals surface area contributed by atoms with Gasteiger partial charge >= 0.3 is 0 Å². The lowest BCUT2D eigenvalue weighted by Crippen LogP contribution is -2.52. The number of aliphatic imine (C=N–C) groups is 1. The smallest absolute Gasteiger partial charge is 0.272 e. The van der Waals surface area contributed by atoms with Crippen LogP contribution in [0.5, 0.6) is 0 Å². The molecule has 0 bridgehead atoms. The zero-order chi connectivity index (χ0) is 20.4. The third kappa shape index (κ3) is 4.31. The van der Waals surface area contributed by atoms with Gasteiger partial charge in [0.1, 0.15) is 17.2 Å². The van der Waals surface area contributed by atoms with Gasteiger partial charge in [0, 0.05) is 37.2 Å². The number of carbonyl (C=O) groups excluding carboxylic acids is 2. The first-order chi connectivity index (χ1) is 13.9. The molecule has 0 saturated carbocycles. The first kappa shape index (κ1) is 19.5. The van der Waals surface area contributed by atoms with Crippen LogP contribution in [0.4, 0.5) is 10.1 Å². The van der Waals surface area contributed by atoms with Crippen molar-refractivity contribution in [3.8, 4) is 0 Å². The van der Waals surface area contributed by atoms with Crippen molar-refractivity contribution in [1.29, 1.82) is 0 Å². The van der Waals surface area contributed by atoms with E-state index in [4.69, 9.17) is 16.6 Å². The fourth-order valence-corrected chi connectivity index (χ4v) is 3.83. The zero-order valence-corrected chi connectivity index (χ0v) is 16.4. The first-order valence-electron chi connectivity index (χ1n) is 9.39. The SMILES string of the molecule is O=C(CN1CCC2(CC1)N=C(c1ccccc1)C(=O)N2)Nc1ccc(F)c(Cl)c1. The highest BCUT2D eigenvalue weighted by Crippen LogP contribution is 2.29. The molecule has 1 saturated heterocycles. The molecule has 8 heteroatoms. The van der Waals surface area contributed by atoms with Crippen LogP contribution < -0.4 is 10.6 Å². The Morgan fingerprint density at radius 2 is 1.93 bits per heavy atom. The van der Waals surface area contributed by atoms with Gasteiger partial charge in [-0.25, -0.2) is 4.39 Å². The number of carbonyl (C=O) groups is 2. The Morgan fingerprint density at radius 1 is 1.21 bits per heavy atom. The number of rotatable bonds is 4. The quantitative estimate of drug-likeness (QED) is 0.808. The highest BCUT2D eigenvalue weighted by molar-refractivity contribution is 6.46. The van der Waals surface area contributed by atoms with Gasteiger partial charge in [-0.2, -0.15) is 0 Å². The molecule has 2 amide bonds. The van der Waals surface area contributed by atoms with E-state index in [1.165, 1.54) is 18.2 Å². The molecule has 2 aromatic rings. The van der Waals surface area contributed by atoms with Gasteiger partial charge in [0.05, 0.1) is 11.6 Å². The third-order valence-electron chi connectivity index (χ3n) is 5.19. The predicted octanol–water partition coefficient (Wildman–Crippen LogP) is 2.83. The van der Waals surface area contributed by atoms with Gasteiger partial charge < -0.3 is 10.6 Å².